The number of carbonyl (C=O) groups excluding carboxylic acids is 1. The zero-order valence-corrected chi connectivity index (χ0v) is 13.8. The number of benzene rings is 1. The molecule has 0 saturated carbocycles. The summed E-state index contributed by atoms with van der Waals surface area (Å²) in [5.41, 5.74) is 1.73. The van der Waals surface area contributed by atoms with Crippen molar-refractivity contribution in [2.45, 2.75) is 26.5 Å². The molecule has 6 heteroatoms. The minimum atomic E-state index is -0.189. The van der Waals surface area contributed by atoms with Crippen molar-refractivity contribution in [1.29, 1.82) is 0 Å². The lowest BCUT2D eigenvalue weighted by Crippen LogP contribution is -2.23. The van der Waals surface area contributed by atoms with Crippen molar-refractivity contribution in [3.63, 3.8) is 0 Å². The number of para-hydroxylation sites is 1. The van der Waals surface area contributed by atoms with E-state index in [1.54, 1.807) is 18.5 Å². The highest BCUT2D eigenvalue weighted by atomic mass is 32.1. The van der Waals surface area contributed by atoms with E-state index in [9.17, 15) is 4.79 Å². The Hall–Kier alpha value is -2.47. The molecule has 0 fully saturated rings. The Bertz CT molecular complexity index is 796. The van der Waals surface area contributed by atoms with Gasteiger partial charge in [-0.3, -0.25) is 9.78 Å². The van der Waals surface area contributed by atoms with Gasteiger partial charge in [0.05, 0.1) is 16.3 Å². The van der Waals surface area contributed by atoms with Crippen molar-refractivity contribution in [3.05, 3.63) is 53.3 Å². The van der Waals surface area contributed by atoms with Crippen molar-refractivity contribution in [1.82, 2.24) is 15.3 Å². The van der Waals surface area contributed by atoms with Gasteiger partial charge in [-0.2, -0.15) is 0 Å². The van der Waals surface area contributed by atoms with Crippen LogP contribution in [0.2, 0.25) is 0 Å². The largest absolute Gasteiger partial charge is 0.491 e. The van der Waals surface area contributed by atoms with Crippen LogP contribution in [0.4, 0.5) is 0 Å². The highest BCUT2D eigenvalue weighted by Gasteiger charge is 2.13. The SMILES string of the molecule is CC(C)Oc1ccccc1CNC(=O)c1nc2ccncc2s1. The molecule has 5 nitrogen and oxygen atoms in total. The quantitative estimate of drug-likeness (QED) is 0.780. The molecular weight excluding hydrogens is 310 g/mol. The predicted molar refractivity (Wildman–Crippen MR) is 90.8 cm³/mol. The first-order chi connectivity index (χ1) is 11.1. The van der Waals surface area contributed by atoms with Crippen molar-refractivity contribution in [2.24, 2.45) is 0 Å². The minimum Gasteiger partial charge on any atom is -0.491 e. The lowest BCUT2D eigenvalue weighted by molar-refractivity contribution is 0.0950. The summed E-state index contributed by atoms with van der Waals surface area (Å²) in [5, 5.41) is 3.34. The number of rotatable bonds is 5. The number of hydrogen-bond donors (Lipinski definition) is 1. The van der Waals surface area contributed by atoms with Gasteiger partial charge in [0.25, 0.3) is 5.91 Å². The molecule has 0 saturated heterocycles. The van der Waals surface area contributed by atoms with Crippen LogP contribution < -0.4 is 10.1 Å². The molecular formula is C17H17N3O2S. The van der Waals surface area contributed by atoms with Gasteiger partial charge in [0.15, 0.2) is 5.01 Å². The predicted octanol–water partition coefficient (Wildman–Crippen LogP) is 3.41. The van der Waals surface area contributed by atoms with Gasteiger partial charge in [-0.1, -0.05) is 18.2 Å². The summed E-state index contributed by atoms with van der Waals surface area (Å²) in [6.45, 7) is 4.35. The molecule has 0 spiro atoms. The van der Waals surface area contributed by atoms with E-state index in [1.165, 1.54) is 11.3 Å². The van der Waals surface area contributed by atoms with E-state index >= 15 is 0 Å². The Labute approximate surface area is 138 Å². The Balaban J connectivity index is 1.71. The fourth-order valence-electron chi connectivity index (χ4n) is 2.15. The van der Waals surface area contributed by atoms with Crippen LogP contribution in [0.5, 0.6) is 5.75 Å². The fraction of sp³-hybridized carbons (Fsp3) is 0.235. The molecule has 2 heterocycles. The molecule has 0 aliphatic rings. The zero-order chi connectivity index (χ0) is 16.2. The minimum absolute atomic E-state index is 0.0867. The fourth-order valence-corrected chi connectivity index (χ4v) is 3.00. The third-order valence-electron chi connectivity index (χ3n) is 3.16. The number of amides is 1. The summed E-state index contributed by atoms with van der Waals surface area (Å²) in [5.74, 6) is 0.599. The first-order valence-corrected chi connectivity index (χ1v) is 8.18. The lowest BCUT2D eigenvalue weighted by Gasteiger charge is -2.14. The Kier molecular flexibility index (Phi) is 4.52. The molecule has 1 N–H and O–H groups in total. The summed E-state index contributed by atoms with van der Waals surface area (Å²) >= 11 is 1.34. The molecule has 3 aromatic rings. The summed E-state index contributed by atoms with van der Waals surface area (Å²) < 4.78 is 6.66. The number of fused-ring (bicyclic) bond motifs is 1. The topological polar surface area (TPSA) is 64.1 Å². The van der Waals surface area contributed by atoms with Crippen LogP contribution in [0.1, 0.15) is 29.2 Å². The first kappa shape index (κ1) is 15.4. The third kappa shape index (κ3) is 3.65. The Morgan fingerprint density at radius 1 is 1.30 bits per heavy atom. The molecule has 0 atom stereocenters. The Morgan fingerprint density at radius 2 is 2.13 bits per heavy atom. The van der Waals surface area contributed by atoms with Crippen molar-refractivity contribution >= 4 is 27.5 Å². The summed E-state index contributed by atoms with van der Waals surface area (Å²) in [4.78, 5) is 20.7. The molecule has 0 radical (unpaired) electrons. The average molecular weight is 327 g/mol. The molecule has 0 aliphatic carbocycles. The number of pyridine rings is 1. The maximum Gasteiger partial charge on any atom is 0.280 e. The standard InChI is InChI=1S/C17H17N3O2S/c1-11(2)22-14-6-4-3-5-12(14)9-19-16(21)17-20-13-7-8-18-10-15(13)23-17/h3-8,10-11H,9H2,1-2H3,(H,19,21). The molecule has 0 aliphatic heterocycles. The van der Waals surface area contributed by atoms with Crippen LogP contribution >= 0.6 is 11.3 Å². The summed E-state index contributed by atoms with van der Waals surface area (Å²) in [7, 11) is 0. The summed E-state index contributed by atoms with van der Waals surface area (Å²) in [6.07, 6.45) is 3.47. The Morgan fingerprint density at radius 3 is 2.91 bits per heavy atom. The molecule has 0 unspecified atom stereocenters. The molecule has 23 heavy (non-hydrogen) atoms. The summed E-state index contributed by atoms with van der Waals surface area (Å²) in [6, 6.07) is 9.50. The van der Waals surface area contributed by atoms with Gasteiger partial charge in [0, 0.05) is 24.5 Å². The molecule has 1 amide bonds. The van der Waals surface area contributed by atoms with Crippen molar-refractivity contribution in [2.75, 3.05) is 0 Å². The van der Waals surface area contributed by atoms with Gasteiger partial charge in [-0.05, 0) is 26.0 Å². The van der Waals surface area contributed by atoms with E-state index in [0.717, 1.165) is 21.5 Å². The second kappa shape index (κ2) is 6.75. The molecule has 2 aromatic heterocycles. The van der Waals surface area contributed by atoms with E-state index in [0.29, 0.717) is 11.6 Å². The van der Waals surface area contributed by atoms with Crippen LogP contribution in [0, 0.1) is 0 Å². The number of hydrogen-bond acceptors (Lipinski definition) is 5. The van der Waals surface area contributed by atoms with Gasteiger partial charge in [-0.15, -0.1) is 11.3 Å². The number of aromatic nitrogens is 2. The second-order valence-electron chi connectivity index (χ2n) is 5.32. The molecule has 0 bridgehead atoms. The number of nitrogens with zero attached hydrogens (tertiary/aromatic N) is 2. The first-order valence-electron chi connectivity index (χ1n) is 7.37. The third-order valence-corrected chi connectivity index (χ3v) is 4.16. The van der Waals surface area contributed by atoms with E-state index < -0.39 is 0 Å². The molecule has 3 rings (SSSR count). The van der Waals surface area contributed by atoms with Gasteiger partial charge in [0.1, 0.15) is 5.75 Å². The van der Waals surface area contributed by atoms with E-state index in [2.05, 4.69) is 15.3 Å². The van der Waals surface area contributed by atoms with Gasteiger partial charge in [-0.25, -0.2) is 4.98 Å². The smallest absolute Gasteiger partial charge is 0.280 e. The number of ether oxygens (including phenoxy) is 1. The monoisotopic (exact) mass is 327 g/mol. The number of carbonyl (C=O) groups is 1. The van der Waals surface area contributed by atoms with E-state index in [4.69, 9.17) is 4.74 Å². The lowest BCUT2D eigenvalue weighted by atomic mass is 10.2. The zero-order valence-electron chi connectivity index (χ0n) is 12.9. The van der Waals surface area contributed by atoms with Crippen molar-refractivity contribution < 1.29 is 9.53 Å². The van der Waals surface area contributed by atoms with Gasteiger partial charge in [0.2, 0.25) is 0 Å². The van der Waals surface area contributed by atoms with Gasteiger partial charge >= 0.3 is 0 Å². The van der Waals surface area contributed by atoms with E-state index in [-0.39, 0.29) is 12.0 Å². The van der Waals surface area contributed by atoms with Crippen LogP contribution in [0.25, 0.3) is 10.2 Å². The van der Waals surface area contributed by atoms with Crippen LogP contribution in [0.15, 0.2) is 42.7 Å². The second-order valence-corrected chi connectivity index (χ2v) is 6.35. The van der Waals surface area contributed by atoms with Crippen LogP contribution in [0.3, 0.4) is 0 Å². The molecule has 1 aromatic carbocycles. The highest BCUT2D eigenvalue weighted by molar-refractivity contribution is 7.20. The maximum atomic E-state index is 12.3. The average Bonchev–Trinajstić information content (AvgIpc) is 2.97. The number of thiazole rings is 1. The number of nitrogens with one attached hydrogen (secondary N) is 1. The maximum absolute atomic E-state index is 12.3. The normalized spacial score (nSPS) is 10.9. The van der Waals surface area contributed by atoms with Gasteiger partial charge < -0.3 is 10.1 Å². The van der Waals surface area contributed by atoms with Crippen LogP contribution in [-0.4, -0.2) is 22.0 Å². The van der Waals surface area contributed by atoms with Crippen molar-refractivity contribution in [3.8, 4) is 5.75 Å². The highest BCUT2D eigenvalue weighted by Crippen LogP contribution is 2.22. The molecule has 118 valence electrons. The van der Waals surface area contributed by atoms with Crippen LogP contribution in [-0.2, 0) is 6.54 Å². The van der Waals surface area contributed by atoms with E-state index in [1.807, 2.05) is 38.1 Å².